The number of nitrogens with one attached hydrogen (secondary N) is 1. The zero-order valence-corrected chi connectivity index (χ0v) is 14.7. The normalized spacial score (nSPS) is 15.6. The number of hydrogen-bond donors (Lipinski definition) is 1. The lowest BCUT2D eigenvalue weighted by Gasteiger charge is -2.29. The molecule has 0 radical (unpaired) electrons. The third-order valence-electron chi connectivity index (χ3n) is 3.53. The number of carbonyl (C=O) groups is 2. The molecule has 1 aromatic carbocycles. The monoisotopic (exact) mass is 372 g/mol. The molecule has 1 fully saturated rings. The van der Waals surface area contributed by atoms with Crippen molar-refractivity contribution >= 4 is 17.6 Å². The van der Waals surface area contributed by atoms with E-state index in [4.69, 9.17) is 14.2 Å². The van der Waals surface area contributed by atoms with Crippen molar-refractivity contribution in [3.05, 3.63) is 65.9 Å². The molecular formula is C19H17FN2O5. The molecule has 3 rings (SSSR count). The molecule has 1 aromatic heterocycles. The standard InChI is InChI=1S/C19H17FN2O5/c1-19(2)26-17(23)14(18(24)27-19)10-22-12-6-7-16(15(20)9-12)25-11-13-5-3-4-8-21-13/h3-10,22H,11H2,1-2H3. The Bertz CT molecular complexity index is 874. The third-order valence-corrected chi connectivity index (χ3v) is 3.53. The minimum Gasteiger partial charge on any atom is -0.484 e. The molecule has 27 heavy (non-hydrogen) atoms. The van der Waals surface area contributed by atoms with Gasteiger partial charge in [0.15, 0.2) is 17.1 Å². The van der Waals surface area contributed by atoms with Crippen LogP contribution in [0.5, 0.6) is 5.75 Å². The molecule has 140 valence electrons. The van der Waals surface area contributed by atoms with Gasteiger partial charge in [-0.3, -0.25) is 4.98 Å². The van der Waals surface area contributed by atoms with Crippen LogP contribution in [-0.4, -0.2) is 22.7 Å². The number of ether oxygens (including phenoxy) is 3. The van der Waals surface area contributed by atoms with Gasteiger partial charge in [0.2, 0.25) is 0 Å². The van der Waals surface area contributed by atoms with Crippen molar-refractivity contribution in [1.82, 2.24) is 4.98 Å². The number of halogens is 1. The summed E-state index contributed by atoms with van der Waals surface area (Å²) < 4.78 is 29.5. The number of hydrogen-bond acceptors (Lipinski definition) is 7. The van der Waals surface area contributed by atoms with Gasteiger partial charge >= 0.3 is 11.9 Å². The molecular weight excluding hydrogens is 355 g/mol. The van der Waals surface area contributed by atoms with Gasteiger partial charge in [0.25, 0.3) is 5.79 Å². The number of aromatic nitrogens is 1. The summed E-state index contributed by atoms with van der Waals surface area (Å²) in [5.41, 5.74) is 0.668. The topological polar surface area (TPSA) is 86.8 Å². The van der Waals surface area contributed by atoms with Crippen LogP contribution < -0.4 is 10.1 Å². The number of esters is 2. The maximum atomic E-state index is 14.2. The Kier molecular flexibility index (Phi) is 5.07. The van der Waals surface area contributed by atoms with E-state index in [2.05, 4.69) is 10.3 Å². The van der Waals surface area contributed by atoms with Gasteiger partial charge in [0.05, 0.1) is 5.69 Å². The van der Waals surface area contributed by atoms with Gasteiger partial charge in [-0.25, -0.2) is 14.0 Å². The molecule has 0 aliphatic carbocycles. The molecule has 1 N–H and O–H groups in total. The first-order valence-corrected chi connectivity index (χ1v) is 8.10. The van der Waals surface area contributed by atoms with E-state index < -0.39 is 23.5 Å². The Morgan fingerprint density at radius 2 is 1.93 bits per heavy atom. The largest absolute Gasteiger partial charge is 0.484 e. The molecule has 2 heterocycles. The number of anilines is 1. The van der Waals surface area contributed by atoms with Gasteiger partial charge in [-0.1, -0.05) is 6.07 Å². The fourth-order valence-electron chi connectivity index (χ4n) is 2.28. The summed E-state index contributed by atoms with van der Waals surface area (Å²) in [7, 11) is 0. The van der Waals surface area contributed by atoms with Gasteiger partial charge in [0.1, 0.15) is 6.61 Å². The zero-order valence-electron chi connectivity index (χ0n) is 14.7. The molecule has 0 saturated carbocycles. The molecule has 1 aliphatic rings. The van der Waals surface area contributed by atoms with Gasteiger partial charge < -0.3 is 19.5 Å². The van der Waals surface area contributed by atoms with Crippen LogP contribution in [0.4, 0.5) is 10.1 Å². The summed E-state index contributed by atoms with van der Waals surface area (Å²) in [6.07, 6.45) is 2.74. The highest BCUT2D eigenvalue weighted by Crippen LogP contribution is 2.24. The number of carbonyl (C=O) groups excluding carboxylic acids is 2. The summed E-state index contributed by atoms with van der Waals surface area (Å²) in [6.45, 7) is 3.03. The number of benzene rings is 1. The van der Waals surface area contributed by atoms with Crippen molar-refractivity contribution in [2.45, 2.75) is 26.2 Å². The van der Waals surface area contributed by atoms with Crippen LogP contribution in [0.2, 0.25) is 0 Å². The molecule has 0 bridgehead atoms. The fourth-order valence-corrected chi connectivity index (χ4v) is 2.28. The summed E-state index contributed by atoms with van der Waals surface area (Å²) in [4.78, 5) is 27.8. The lowest BCUT2D eigenvalue weighted by molar-refractivity contribution is -0.222. The van der Waals surface area contributed by atoms with Gasteiger partial charge in [0, 0.05) is 38.0 Å². The number of rotatable bonds is 5. The van der Waals surface area contributed by atoms with Crippen LogP contribution in [0.25, 0.3) is 0 Å². The Balaban J connectivity index is 1.65. The van der Waals surface area contributed by atoms with E-state index in [-0.39, 0.29) is 17.9 Å². The van der Waals surface area contributed by atoms with Crippen LogP contribution in [0.1, 0.15) is 19.5 Å². The first-order valence-electron chi connectivity index (χ1n) is 8.10. The third kappa shape index (κ3) is 4.60. The summed E-state index contributed by atoms with van der Waals surface area (Å²) in [6, 6.07) is 9.50. The Morgan fingerprint density at radius 3 is 2.56 bits per heavy atom. The fraction of sp³-hybridized carbons (Fsp3) is 0.211. The van der Waals surface area contributed by atoms with Crippen molar-refractivity contribution in [3.8, 4) is 5.75 Å². The molecule has 1 saturated heterocycles. The first-order chi connectivity index (χ1) is 12.8. The minimum absolute atomic E-state index is 0.0529. The number of pyridine rings is 1. The smallest absolute Gasteiger partial charge is 0.350 e. The second-order valence-corrected chi connectivity index (χ2v) is 6.14. The van der Waals surface area contributed by atoms with Crippen molar-refractivity contribution < 1.29 is 28.2 Å². The van der Waals surface area contributed by atoms with Crippen LogP contribution in [0.3, 0.4) is 0 Å². The van der Waals surface area contributed by atoms with E-state index in [0.29, 0.717) is 11.4 Å². The molecule has 2 aromatic rings. The molecule has 0 atom stereocenters. The van der Waals surface area contributed by atoms with E-state index >= 15 is 0 Å². The predicted octanol–water partition coefficient (Wildman–Crippen LogP) is 2.93. The Labute approximate surface area is 154 Å². The Morgan fingerprint density at radius 1 is 1.19 bits per heavy atom. The maximum Gasteiger partial charge on any atom is 0.350 e. The number of cyclic esters (lactones) is 2. The molecule has 8 heteroatoms. The molecule has 0 spiro atoms. The molecule has 0 unspecified atom stereocenters. The summed E-state index contributed by atoms with van der Waals surface area (Å²) in [5, 5.41) is 2.67. The first kappa shape index (κ1) is 18.4. The van der Waals surface area contributed by atoms with Crippen LogP contribution in [0.15, 0.2) is 54.4 Å². The van der Waals surface area contributed by atoms with Gasteiger partial charge in [-0.15, -0.1) is 0 Å². The molecule has 0 amide bonds. The SMILES string of the molecule is CC1(C)OC(=O)C(=CNc2ccc(OCc3ccccn3)c(F)c2)C(=O)O1. The highest BCUT2D eigenvalue weighted by atomic mass is 19.1. The number of nitrogens with zero attached hydrogens (tertiary/aromatic N) is 1. The average Bonchev–Trinajstić information content (AvgIpc) is 2.60. The highest BCUT2D eigenvalue weighted by Gasteiger charge is 2.38. The van der Waals surface area contributed by atoms with Crippen LogP contribution >= 0.6 is 0 Å². The lowest BCUT2D eigenvalue weighted by atomic mass is 10.2. The van der Waals surface area contributed by atoms with Crippen molar-refractivity contribution in [2.75, 3.05) is 5.32 Å². The summed E-state index contributed by atoms with van der Waals surface area (Å²) >= 11 is 0. The van der Waals surface area contributed by atoms with Crippen molar-refractivity contribution in [2.24, 2.45) is 0 Å². The lowest BCUT2D eigenvalue weighted by Crippen LogP contribution is -2.42. The van der Waals surface area contributed by atoms with Crippen LogP contribution in [-0.2, 0) is 25.7 Å². The van der Waals surface area contributed by atoms with Crippen LogP contribution in [0, 0.1) is 5.82 Å². The van der Waals surface area contributed by atoms with Crippen molar-refractivity contribution in [3.63, 3.8) is 0 Å². The van der Waals surface area contributed by atoms with E-state index in [1.54, 1.807) is 18.3 Å². The maximum absolute atomic E-state index is 14.2. The quantitative estimate of drug-likeness (QED) is 0.490. The second kappa shape index (κ2) is 7.45. The second-order valence-electron chi connectivity index (χ2n) is 6.14. The van der Waals surface area contributed by atoms with Gasteiger partial charge in [-0.05, 0) is 24.3 Å². The van der Waals surface area contributed by atoms with E-state index in [1.807, 2.05) is 6.07 Å². The van der Waals surface area contributed by atoms with E-state index in [9.17, 15) is 14.0 Å². The van der Waals surface area contributed by atoms with Gasteiger partial charge in [-0.2, -0.15) is 0 Å². The average molecular weight is 372 g/mol. The molecule has 7 nitrogen and oxygen atoms in total. The summed E-state index contributed by atoms with van der Waals surface area (Å²) in [5.74, 6) is -3.51. The predicted molar refractivity (Wildman–Crippen MR) is 92.9 cm³/mol. The van der Waals surface area contributed by atoms with E-state index in [0.717, 1.165) is 6.20 Å². The minimum atomic E-state index is -1.32. The van der Waals surface area contributed by atoms with Crippen molar-refractivity contribution in [1.29, 1.82) is 0 Å². The molecule has 1 aliphatic heterocycles. The Hall–Kier alpha value is -3.42. The van der Waals surface area contributed by atoms with E-state index in [1.165, 1.54) is 32.0 Å². The zero-order chi connectivity index (χ0) is 19.4. The highest BCUT2D eigenvalue weighted by molar-refractivity contribution is 6.15.